The highest BCUT2D eigenvalue weighted by Gasteiger charge is 2.45. The normalized spacial score (nSPS) is 26.0. The summed E-state index contributed by atoms with van der Waals surface area (Å²) in [5.74, 6) is 0.518. The summed E-state index contributed by atoms with van der Waals surface area (Å²) in [5.41, 5.74) is 2.00. The fraction of sp³-hybridized carbons (Fsp3) is 0.520. The van der Waals surface area contributed by atoms with Crippen molar-refractivity contribution in [1.29, 1.82) is 5.26 Å². The molecule has 0 aromatic carbocycles. The molecule has 9 heteroatoms. The minimum atomic E-state index is -0.798. The van der Waals surface area contributed by atoms with Gasteiger partial charge in [0.1, 0.15) is 16.1 Å². The lowest BCUT2D eigenvalue weighted by Crippen LogP contribution is -2.31. The molecular weight excluding hydrogens is 448 g/mol. The van der Waals surface area contributed by atoms with Crippen molar-refractivity contribution in [2.75, 3.05) is 25.0 Å². The second kappa shape index (κ2) is 8.36. The number of hydrogen-bond acceptors (Lipinski definition) is 7. The highest BCUT2D eigenvalue weighted by molar-refractivity contribution is 7.15. The third-order valence-corrected chi connectivity index (χ3v) is 9.36. The van der Waals surface area contributed by atoms with Gasteiger partial charge in [-0.15, -0.1) is 11.3 Å². The Morgan fingerprint density at radius 2 is 2.03 bits per heavy atom. The number of aromatic nitrogens is 3. The number of nitrogens with zero attached hydrogens (tertiary/aromatic N) is 4. The van der Waals surface area contributed by atoms with E-state index in [2.05, 4.69) is 26.3 Å². The zero-order valence-electron chi connectivity index (χ0n) is 19.0. The van der Waals surface area contributed by atoms with E-state index in [4.69, 9.17) is 10.2 Å². The number of likely N-dealkylation sites (tertiary alicyclic amines) is 1. The summed E-state index contributed by atoms with van der Waals surface area (Å²) in [6, 6.07) is 4.69. The third kappa shape index (κ3) is 3.48. The van der Waals surface area contributed by atoms with Gasteiger partial charge in [0.2, 0.25) is 0 Å². The quantitative estimate of drug-likeness (QED) is 0.456. The molecule has 34 heavy (non-hydrogen) atoms. The molecule has 3 N–H and O–H groups in total. The van der Waals surface area contributed by atoms with Gasteiger partial charge in [0.05, 0.1) is 23.9 Å². The average Bonchev–Trinajstić information content (AvgIpc) is 3.61. The van der Waals surface area contributed by atoms with Crippen LogP contribution in [0.25, 0.3) is 21.6 Å². The van der Waals surface area contributed by atoms with Crippen molar-refractivity contribution in [1.82, 2.24) is 19.9 Å². The third-order valence-electron chi connectivity index (χ3n) is 8.13. The molecule has 0 radical (unpaired) electrons. The van der Waals surface area contributed by atoms with Crippen molar-refractivity contribution >= 4 is 34.0 Å². The molecule has 4 heterocycles. The van der Waals surface area contributed by atoms with Gasteiger partial charge in [0.25, 0.3) is 0 Å². The Kier molecular flexibility index (Phi) is 5.30. The van der Waals surface area contributed by atoms with Gasteiger partial charge in [-0.1, -0.05) is 12.8 Å². The number of rotatable bonds is 6. The number of nitrogens with one attached hydrogen (secondary N) is 2. The van der Waals surface area contributed by atoms with E-state index in [0.717, 1.165) is 70.9 Å². The summed E-state index contributed by atoms with van der Waals surface area (Å²) in [6.45, 7) is 2.53. The lowest BCUT2D eigenvalue weighted by Gasteiger charge is -2.21. The molecule has 3 atom stereocenters. The Morgan fingerprint density at radius 1 is 1.26 bits per heavy atom. The fourth-order valence-electron chi connectivity index (χ4n) is 6.44. The molecular formula is C25H28N6O2S. The van der Waals surface area contributed by atoms with E-state index >= 15 is 0 Å². The topological polar surface area (TPSA) is 118 Å². The van der Waals surface area contributed by atoms with Crippen LogP contribution < -0.4 is 5.32 Å². The molecule has 1 saturated heterocycles. The number of carboxylic acid groups (broad SMARTS) is 1. The van der Waals surface area contributed by atoms with Crippen molar-refractivity contribution in [2.24, 2.45) is 11.8 Å². The lowest BCUT2D eigenvalue weighted by molar-refractivity contribution is -0.143. The molecule has 2 aliphatic carbocycles. The molecule has 0 spiro atoms. The Morgan fingerprint density at radius 3 is 2.74 bits per heavy atom. The summed E-state index contributed by atoms with van der Waals surface area (Å²) < 4.78 is 0. The summed E-state index contributed by atoms with van der Waals surface area (Å²) in [6.07, 6.45) is 11.0. The van der Waals surface area contributed by atoms with Crippen molar-refractivity contribution < 1.29 is 9.90 Å². The maximum absolute atomic E-state index is 12.2. The van der Waals surface area contributed by atoms with Gasteiger partial charge in [-0.05, 0) is 43.6 Å². The van der Waals surface area contributed by atoms with Crippen LogP contribution in [0.4, 0.5) is 5.69 Å². The molecule has 3 aromatic rings. The predicted octanol–water partition coefficient (Wildman–Crippen LogP) is 4.23. The monoisotopic (exact) mass is 476 g/mol. The smallest absolute Gasteiger partial charge is 0.315 e. The predicted molar refractivity (Wildman–Crippen MR) is 131 cm³/mol. The van der Waals surface area contributed by atoms with Crippen LogP contribution in [0.2, 0.25) is 0 Å². The number of fused-ring (bicyclic) bond motifs is 2. The number of nitriles is 1. The second-order valence-electron chi connectivity index (χ2n) is 10.1. The Labute approximate surface area is 202 Å². The zero-order chi connectivity index (χ0) is 23.3. The van der Waals surface area contributed by atoms with E-state index in [-0.39, 0.29) is 0 Å². The first-order valence-corrected chi connectivity index (χ1v) is 12.9. The van der Waals surface area contributed by atoms with Gasteiger partial charge < -0.3 is 15.4 Å². The van der Waals surface area contributed by atoms with Crippen LogP contribution in [0, 0.1) is 23.2 Å². The van der Waals surface area contributed by atoms with Crippen LogP contribution in [0.5, 0.6) is 0 Å². The largest absolute Gasteiger partial charge is 0.481 e. The summed E-state index contributed by atoms with van der Waals surface area (Å²) in [7, 11) is 0. The number of carboxylic acids is 1. The first-order chi connectivity index (χ1) is 16.6. The van der Waals surface area contributed by atoms with Crippen molar-refractivity contribution in [2.45, 2.75) is 50.0 Å². The fourth-order valence-corrected chi connectivity index (χ4v) is 7.61. The van der Waals surface area contributed by atoms with Crippen LogP contribution >= 0.6 is 11.3 Å². The maximum atomic E-state index is 12.2. The van der Waals surface area contributed by atoms with Crippen molar-refractivity contribution in [3.63, 3.8) is 0 Å². The Bertz CT molecular complexity index is 1260. The number of aromatic amines is 1. The number of H-pyrrole nitrogens is 1. The molecule has 6 rings (SSSR count). The first-order valence-electron chi connectivity index (χ1n) is 12.1. The van der Waals surface area contributed by atoms with E-state index in [1.807, 2.05) is 18.5 Å². The number of thiazole rings is 1. The van der Waals surface area contributed by atoms with E-state index < -0.39 is 11.4 Å². The molecule has 0 amide bonds. The first kappa shape index (κ1) is 21.6. The summed E-state index contributed by atoms with van der Waals surface area (Å²) in [5, 5.41) is 24.7. The standard InChI is InChI=1S/C25H28N6O2S/c26-6-8-31-13-15-9-17(10-16(15)14-31)30-21-18-3-7-27-22(18)28-11-19(21)23-29-12-20(34-23)25(24(32)33)4-1-2-5-25/h3,7,11-12,15-17H,1-2,4-5,8-10,13-14H2,(H,32,33)(H2,27,28,30)/t15-,16+,17?. The number of aliphatic carboxylic acids is 1. The molecule has 2 saturated carbocycles. The summed E-state index contributed by atoms with van der Waals surface area (Å²) >= 11 is 1.50. The lowest BCUT2D eigenvalue weighted by atomic mass is 9.85. The van der Waals surface area contributed by atoms with E-state index in [0.29, 0.717) is 37.3 Å². The molecule has 3 aliphatic rings. The molecule has 8 nitrogen and oxygen atoms in total. The minimum Gasteiger partial charge on any atom is -0.481 e. The van der Waals surface area contributed by atoms with Crippen LogP contribution in [0.1, 0.15) is 43.4 Å². The zero-order valence-corrected chi connectivity index (χ0v) is 19.8. The van der Waals surface area contributed by atoms with Crippen LogP contribution in [-0.4, -0.2) is 56.6 Å². The highest BCUT2D eigenvalue weighted by atomic mass is 32.1. The molecule has 3 fully saturated rings. The van der Waals surface area contributed by atoms with Gasteiger partial charge in [0.15, 0.2) is 0 Å². The highest BCUT2D eigenvalue weighted by Crippen LogP contribution is 2.47. The van der Waals surface area contributed by atoms with Gasteiger partial charge >= 0.3 is 5.97 Å². The van der Waals surface area contributed by atoms with Crippen LogP contribution in [-0.2, 0) is 10.2 Å². The second-order valence-corrected chi connectivity index (χ2v) is 11.1. The molecule has 3 aromatic heterocycles. The number of anilines is 1. The molecule has 0 bridgehead atoms. The van der Waals surface area contributed by atoms with Crippen LogP contribution in [0.15, 0.2) is 24.7 Å². The van der Waals surface area contributed by atoms with Gasteiger partial charge in [0, 0.05) is 48.0 Å². The van der Waals surface area contributed by atoms with Gasteiger partial charge in [-0.25, -0.2) is 9.97 Å². The maximum Gasteiger partial charge on any atom is 0.315 e. The number of pyridine rings is 1. The van der Waals surface area contributed by atoms with Crippen molar-refractivity contribution in [3.05, 3.63) is 29.5 Å². The molecule has 176 valence electrons. The van der Waals surface area contributed by atoms with E-state index in [1.54, 1.807) is 6.20 Å². The Balaban J connectivity index is 1.30. The SMILES string of the molecule is N#CCN1C[C@H]2CC(Nc3c(-c4ncc(C5(C(=O)O)CCCC5)s4)cnc4[nH]ccc34)C[C@H]2C1. The van der Waals surface area contributed by atoms with E-state index in [9.17, 15) is 9.90 Å². The van der Waals surface area contributed by atoms with Gasteiger partial charge in [-0.2, -0.15) is 5.26 Å². The number of hydrogen-bond donors (Lipinski definition) is 3. The molecule has 1 aliphatic heterocycles. The average molecular weight is 477 g/mol. The van der Waals surface area contributed by atoms with Crippen LogP contribution in [0.3, 0.4) is 0 Å². The molecule has 1 unspecified atom stereocenters. The Hall–Kier alpha value is -2.96. The minimum absolute atomic E-state index is 0.359. The van der Waals surface area contributed by atoms with E-state index in [1.165, 1.54) is 11.3 Å². The number of carbonyl (C=O) groups is 1. The van der Waals surface area contributed by atoms with Gasteiger partial charge in [-0.3, -0.25) is 9.69 Å². The summed E-state index contributed by atoms with van der Waals surface area (Å²) in [4.78, 5) is 27.8. The van der Waals surface area contributed by atoms with Crippen molar-refractivity contribution in [3.8, 4) is 16.6 Å².